The number of aromatic nitrogens is 3. The Morgan fingerprint density at radius 2 is 1.82 bits per heavy atom. The van der Waals surface area contributed by atoms with E-state index in [-0.39, 0.29) is 5.82 Å². The smallest absolute Gasteiger partial charge is 0.124 e. The zero-order chi connectivity index (χ0) is 11.8. The predicted molar refractivity (Wildman–Crippen MR) is 63.7 cm³/mol. The number of H-pyrrole nitrogens is 1. The van der Waals surface area contributed by atoms with Crippen LogP contribution in [-0.2, 0) is 0 Å². The lowest BCUT2D eigenvalue weighted by molar-refractivity contribution is 0.628. The van der Waals surface area contributed by atoms with Crippen molar-refractivity contribution in [3.8, 4) is 11.3 Å². The van der Waals surface area contributed by atoms with Gasteiger partial charge in [-0.15, -0.1) is 0 Å². The first kappa shape index (κ1) is 9.77. The van der Waals surface area contributed by atoms with Crippen molar-refractivity contribution >= 4 is 16.9 Å². The monoisotopic (exact) mass is 228 g/mol. The van der Waals surface area contributed by atoms with Crippen LogP contribution >= 0.6 is 0 Å². The number of nitrogens with zero attached hydrogens (tertiary/aromatic N) is 2. The third-order valence-corrected chi connectivity index (χ3v) is 2.55. The fourth-order valence-corrected chi connectivity index (χ4v) is 1.72. The van der Waals surface area contributed by atoms with Crippen molar-refractivity contribution in [3.63, 3.8) is 0 Å². The Hall–Kier alpha value is -2.43. The van der Waals surface area contributed by atoms with Gasteiger partial charge in [0.25, 0.3) is 0 Å². The molecule has 17 heavy (non-hydrogen) atoms. The molecule has 0 amide bonds. The minimum absolute atomic E-state index is 0.277. The lowest BCUT2D eigenvalue weighted by Gasteiger charge is -1.97. The average Bonchev–Trinajstić information content (AvgIpc) is 2.73. The Morgan fingerprint density at radius 3 is 2.59 bits per heavy atom. The summed E-state index contributed by atoms with van der Waals surface area (Å²) in [7, 11) is 0. The van der Waals surface area contributed by atoms with Gasteiger partial charge < -0.3 is 5.73 Å². The highest BCUT2D eigenvalue weighted by atomic mass is 19.1. The molecule has 5 heteroatoms. The van der Waals surface area contributed by atoms with Crippen molar-refractivity contribution < 1.29 is 4.39 Å². The largest absolute Gasteiger partial charge is 0.384 e. The third-order valence-electron chi connectivity index (χ3n) is 2.55. The van der Waals surface area contributed by atoms with E-state index in [0.717, 1.165) is 11.1 Å². The molecule has 0 aliphatic carbocycles. The van der Waals surface area contributed by atoms with Crippen molar-refractivity contribution in [2.45, 2.75) is 0 Å². The van der Waals surface area contributed by atoms with Crippen LogP contribution in [0.2, 0.25) is 0 Å². The molecule has 3 aromatic rings. The number of hydrogen-bond donors (Lipinski definition) is 2. The number of rotatable bonds is 1. The first-order valence-electron chi connectivity index (χ1n) is 5.10. The summed E-state index contributed by atoms with van der Waals surface area (Å²) in [6.07, 6.45) is 0. The molecule has 3 N–H and O–H groups in total. The number of aromatic amines is 1. The van der Waals surface area contributed by atoms with Gasteiger partial charge in [-0.2, -0.15) is 5.10 Å². The lowest BCUT2D eigenvalue weighted by Crippen LogP contribution is -1.89. The third kappa shape index (κ3) is 1.61. The SMILES string of the molecule is Nc1ccc2[nH]nc(-c3ccc(F)cc3)c2n1. The molecule has 0 spiro atoms. The second kappa shape index (κ2) is 3.55. The van der Waals surface area contributed by atoms with E-state index >= 15 is 0 Å². The summed E-state index contributed by atoms with van der Waals surface area (Å²) in [5.41, 5.74) is 8.61. The van der Waals surface area contributed by atoms with E-state index in [1.807, 2.05) is 6.07 Å². The topological polar surface area (TPSA) is 67.6 Å². The molecule has 0 fully saturated rings. The van der Waals surface area contributed by atoms with Crippen LogP contribution in [0.3, 0.4) is 0 Å². The van der Waals surface area contributed by atoms with E-state index in [1.165, 1.54) is 12.1 Å². The standard InChI is InChI=1S/C12H9FN4/c13-8-3-1-7(2-4-8)11-12-9(16-17-11)5-6-10(14)15-12/h1-6H,(H2,14,15)(H,16,17). The van der Waals surface area contributed by atoms with Gasteiger partial charge in [0.15, 0.2) is 0 Å². The highest BCUT2D eigenvalue weighted by molar-refractivity contribution is 5.90. The number of fused-ring (bicyclic) bond motifs is 1. The molecule has 0 unspecified atom stereocenters. The lowest BCUT2D eigenvalue weighted by atomic mass is 10.1. The van der Waals surface area contributed by atoms with Gasteiger partial charge in [0.2, 0.25) is 0 Å². The van der Waals surface area contributed by atoms with Gasteiger partial charge in [-0.3, -0.25) is 5.10 Å². The molecule has 4 nitrogen and oxygen atoms in total. The summed E-state index contributed by atoms with van der Waals surface area (Å²) >= 11 is 0. The van der Waals surface area contributed by atoms with Crippen LogP contribution in [0.1, 0.15) is 0 Å². The molecule has 0 atom stereocenters. The number of pyridine rings is 1. The van der Waals surface area contributed by atoms with E-state index in [0.29, 0.717) is 17.0 Å². The van der Waals surface area contributed by atoms with Crippen molar-refractivity contribution in [2.24, 2.45) is 0 Å². The second-order valence-electron chi connectivity index (χ2n) is 3.71. The van der Waals surface area contributed by atoms with Crippen LogP contribution < -0.4 is 5.73 Å². The highest BCUT2D eigenvalue weighted by Crippen LogP contribution is 2.25. The van der Waals surface area contributed by atoms with Crippen LogP contribution in [0.5, 0.6) is 0 Å². The van der Waals surface area contributed by atoms with E-state index in [4.69, 9.17) is 5.73 Å². The summed E-state index contributed by atoms with van der Waals surface area (Å²) in [4.78, 5) is 4.22. The number of nitrogen functional groups attached to an aromatic ring is 1. The van der Waals surface area contributed by atoms with Gasteiger partial charge in [-0.05, 0) is 36.4 Å². The predicted octanol–water partition coefficient (Wildman–Crippen LogP) is 2.35. The Bertz CT molecular complexity index is 673. The van der Waals surface area contributed by atoms with Gasteiger partial charge in [0, 0.05) is 5.56 Å². The van der Waals surface area contributed by atoms with Crippen LogP contribution in [0, 0.1) is 5.82 Å². The minimum atomic E-state index is -0.277. The summed E-state index contributed by atoms with van der Waals surface area (Å²) in [5.74, 6) is 0.156. The quantitative estimate of drug-likeness (QED) is 0.671. The van der Waals surface area contributed by atoms with Crippen LogP contribution in [0.4, 0.5) is 10.2 Å². The van der Waals surface area contributed by atoms with E-state index in [2.05, 4.69) is 15.2 Å². The molecule has 0 saturated carbocycles. The average molecular weight is 228 g/mol. The number of benzene rings is 1. The molecule has 2 aromatic heterocycles. The molecular weight excluding hydrogens is 219 g/mol. The van der Waals surface area contributed by atoms with E-state index in [1.54, 1.807) is 18.2 Å². The summed E-state index contributed by atoms with van der Waals surface area (Å²) in [5, 5.41) is 7.04. The van der Waals surface area contributed by atoms with Crippen molar-refractivity contribution in [1.82, 2.24) is 15.2 Å². The second-order valence-corrected chi connectivity index (χ2v) is 3.71. The molecule has 0 aliphatic rings. The number of anilines is 1. The molecule has 1 aromatic carbocycles. The zero-order valence-corrected chi connectivity index (χ0v) is 8.81. The summed E-state index contributed by atoms with van der Waals surface area (Å²) in [6, 6.07) is 9.63. The molecular formula is C12H9FN4. The summed E-state index contributed by atoms with van der Waals surface area (Å²) < 4.78 is 12.8. The van der Waals surface area contributed by atoms with Gasteiger partial charge in [-0.25, -0.2) is 9.37 Å². The van der Waals surface area contributed by atoms with Crippen molar-refractivity contribution in [2.75, 3.05) is 5.73 Å². The molecule has 0 radical (unpaired) electrons. The van der Waals surface area contributed by atoms with E-state index < -0.39 is 0 Å². The molecule has 0 bridgehead atoms. The van der Waals surface area contributed by atoms with Gasteiger partial charge in [0.1, 0.15) is 22.8 Å². The minimum Gasteiger partial charge on any atom is -0.384 e. The van der Waals surface area contributed by atoms with Crippen molar-refractivity contribution in [1.29, 1.82) is 0 Å². The molecule has 0 aliphatic heterocycles. The summed E-state index contributed by atoms with van der Waals surface area (Å²) in [6.45, 7) is 0. The van der Waals surface area contributed by atoms with Crippen LogP contribution in [0.25, 0.3) is 22.3 Å². The maximum Gasteiger partial charge on any atom is 0.124 e. The number of hydrogen-bond acceptors (Lipinski definition) is 3. The Balaban J connectivity index is 2.23. The maximum absolute atomic E-state index is 12.8. The highest BCUT2D eigenvalue weighted by Gasteiger charge is 2.09. The first-order valence-corrected chi connectivity index (χ1v) is 5.10. The van der Waals surface area contributed by atoms with Gasteiger partial charge in [0.05, 0.1) is 5.52 Å². The Morgan fingerprint density at radius 1 is 1.06 bits per heavy atom. The first-order chi connectivity index (χ1) is 8.24. The number of nitrogens with one attached hydrogen (secondary N) is 1. The normalized spacial score (nSPS) is 10.9. The fourth-order valence-electron chi connectivity index (χ4n) is 1.72. The van der Waals surface area contributed by atoms with Gasteiger partial charge in [-0.1, -0.05) is 0 Å². The van der Waals surface area contributed by atoms with E-state index in [9.17, 15) is 4.39 Å². The molecule has 2 heterocycles. The number of halogens is 1. The Kier molecular flexibility index (Phi) is 2.04. The van der Waals surface area contributed by atoms with Crippen LogP contribution in [-0.4, -0.2) is 15.2 Å². The number of nitrogens with two attached hydrogens (primary N) is 1. The maximum atomic E-state index is 12.8. The van der Waals surface area contributed by atoms with Crippen LogP contribution in [0.15, 0.2) is 36.4 Å². The molecule has 3 rings (SSSR count). The van der Waals surface area contributed by atoms with Gasteiger partial charge >= 0.3 is 0 Å². The van der Waals surface area contributed by atoms with Crippen molar-refractivity contribution in [3.05, 3.63) is 42.2 Å². The Labute approximate surface area is 96.3 Å². The molecule has 0 saturated heterocycles. The fraction of sp³-hybridized carbons (Fsp3) is 0. The molecule has 84 valence electrons. The zero-order valence-electron chi connectivity index (χ0n) is 8.81.